The second-order valence-corrected chi connectivity index (χ2v) is 7.11. The lowest BCUT2D eigenvalue weighted by Crippen LogP contribution is -2.43. The SMILES string of the molecule is CC(C)c1c(Cc2ccc(F)cc2)c(=O)n(O)c(=O)n1COCc1ccccc1. The first kappa shape index (κ1) is 20.5. The molecule has 0 aliphatic heterocycles. The van der Waals surface area contributed by atoms with E-state index in [0.717, 1.165) is 5.56 Å². The molecular weight excluding hydrogens is 375 g/mol. The molecule has 0 bridgehead atoms. The van der Waals surface area contributed by atoms with Crippen LogP contribution in [0.3, 0.4) is 0 Å². The summed E-state index contributed by atoms with van der Waals surface area (Å²) in [6.07, 6.45) is 0.159. The first-order valence-corrected chi connectivity index (χ1v) is 9.32. The fraction of sp³-hybridized carbons (Fsp3) is 0.273. The second-order valence-electron chi connectivity index (χ2n) is 7.11. The lowest BCUT2D eigenvalue weighted by atomic mass is 9.98. The number of aromatic nitrogens is 2. The molecule has 1 heterocycles. The summed E-state index contributed by atoms with van der Waals surface area (Å²) in [6, 6.07) is 15.2. The first-order chi connectivity index (χ1) is 13.9. The quantitative estimate of drug-likeness (QED) is 0.620. The van der Waals surface area contributed by atoms with E-state index < -0.39 is 11.2 Å². The Labute approximate surface area is 167 Å². The number of hydrogen-bond donors (Lipinski definition) is 1. The van der Waals surface area contributed by atoms with Crippen LogP contribution in [0.4, 0.5) is 4.39 Å². The fourth-order valence-electron chi connectivity index (χ4n) is 3.29. The monoisotopic (exact) mass is 398 g/mol. The van der Waals surface area contributed by atoms with Gasteiger partial charge < -0.3 is 9.94 Å². The molecule has 3 rings (SSSR count). The third kappa shape index (κ3) is 4.63. The molecule has 6 nitrogen and oxygen atoms in total. The molecule has 0 atom stereocenters. The van der Waals surface area contributed by atoms with Crippen LogP contribution in [0.5, 0.6) is 0 Å². The van der Waals surface area contributed by atoms with Gasteiger partial charge in [-0.1, -0.05) is 61.0 Å². The minimum atomic E-state index is -0.852. The molecule has 0 saturated heterocycles. The zero-order valence-corrected chi connectivity index (χ0v) is 16.3. The van der Waals surface area contributed by atoms with Crippen LogP contribution >= 0.6 is 0 Å². The summed E-state index contributed by atoms with van der Waals surface area (Å²) in [5.41, 5.74) is 0.771. The van der Waals surface area contributed by atoms with Crippen LogP contribution in [0.2, 0.25) is 0 Å². The largest absolute Gasteiger partial charge is 0.421 e. The average molecular weight is 398 g/mol. The minimum absolute atomic E-state index is 0.108. The molecule has 3 aromatic rings. The smallest absolute Gasteiger partial charge is 0.366 e. The van der Waals surface area contributed by atoms with Crippen molar-refractivity contribution < 1.29 is 14.3 Å². The molecule has 0 radical (unpaired) electrons. The number of benzene rings is 2. The number of nitrogens with zero attached hydrogens (tertiary/aromatic N) is 2. The molecule has 1 N–H and O–H groups in total. The van der Waals surface area contributed by atoms with Crippen LogP contribution < -0.4 is 11.2 Å². The standard InChI is InChI=1S/C22H23FN2O4/c1-15(2)20-19(12-16-8-10-18(23)11-9-16)21(26)25(28)22(27)24(20)14-29-13-17-6-4-3-5-7-17/h3-11,15,28H,12-14H2,1-2H3. The summed E-state index contributed by atoms with van der Waals surface area (Å²) in [5.74, 6) is -0.552. The lowest BCUT2D eigenvalue weighted by Gasteiger charge is -2.20. The predicted molar refractivity (Wildman–Crippen MR) is 107 cm³/mol. The highest BCUT2D eigenvalue weighted by atomic mass is 19.1. The molecule has 1 aromatic heterocycles. The maximum atomic E-state index is 13.2. The molecule has 0 unspecified atom stereocenters. The Morgan fingerprint density at radius 1 is 1.00 bits per heavy atom. The number of halogens is 1. The van der Waals surface area contributed by atoms with Gasteiger partial charge in [-0.15, -0.1) is 0 Å². The van der Waals surface area contributed by atoms with Crippen LogP contribution in [0.25, 0.3) is 0 Å². The van der Waals surface area contributed by atoms with Crippen LogP contribution in [0.15, 0.2) is 64.2 Å². The van der Waals surface area contributed by atoms with E-state index in [1.54, 1.807) is 12.1 Å². The highest BCUT2D eigenvalue weighted by molar-refractivity contribution is 5.29. The summed E-state index contributed by atoms with van der Waals surface area (Å²) < 4.78 is 20.3. The van der Waals surface area contributed by atoms with Gasteiger partial charge in [0.1, 0.15) is 12.5 Å². The van der Waals surface area contributed by atoms with Crippen molar-refractivity contribution in [3.63, 3.8) is 0 Å². The van der Waals surface area contributed by atoms with Crippen molar-refractivity contribution in [2.45, 2.75) is 39.5 Å². The predicted octanol–water partition coefficient (Wildman–Crippen LogP) is 3.27. The van der Waals surface area contributed by atoms with Crippen molar-refractivity contribution in [2.75, 3.05) is 0 Å². The molecule has 7 heteroatoms. The molecule has 29 heavy (non-hydrogen) atoms. The molecule has 152 valence electrons. The molecule has 0 spiro atoms. The van der Waals surface area contributed by atoms with Crippen molar-refractivity contribution >= 4 is 0 Å². The van der Waals surface area contributed by atoms with E-state index in [1.807, 2.05) is 44.2 Å². The van der Waals surface area contributed by atoms with Gasteiger partial charge in [-0.3, -0.25) is 9.36 Å². The minimum Gasteiger partial charge on any atom is -0.421 e. The van der Waals surface area contributed by atoms with Gasteiger partial charge in [0.15, 0.2) is 0 Å². The molecule has 2 aromatic carbocycles. The highest BCUT2D eigenvalue weighted by Crippen LogP contribution is 2.19. The third-order valence-corrected chi connectivity index (χ3v) is 4.64. The maximum Gasteiger partial charge on any atom is 0.366 e. The molecule has 0 aliphatic rings. The second kappa shape index (κ2) is 8.87. The van der Waals surface area contributed by atoms with Crippen molar-refractivity contribution in [3.05, 3.63) is 104 Å². The van der Waals surface area contributed by atoms with Crippen LogP contribution in [-0.2, 0) is 24.5 Å². The van der Waals surface area contributed by atoms with Gasteiger partial charge in [0, 0.05) is 17.7 Å². The topological polar surface area (TPSA) is 73.5 Å². The van der Waals surface area contributed by atoms with Crippen LogP contribution in [0.1, 0.15) is 42.1 Å². The molecule has 0 amide bonds. The van der Waals surface area contributed by atoms with E-state index in [2.05, 4.69) is 0 Å². The zero-order valence-electron chi connectivity index (χ0n) is 16.3. The Bertz CT molecular complexity index is 1090. The lowest BCUT2D eigenvalue weighted by molar-refractivity contribution is 0.0492. The number of ether oxygens (including phenoxy) is 1. The Morgan fingerprint density at radius 2 is 1.66 bits per heavy atom. The van der Waals surface area contributed by atoms with Gasteiger partial charge >= 0.3 is 5.69 Å². The third-order valence-electron chi connectivity index (χ3n) is 4.64. The molecular formula is C22H23FN2O4. The van der Waals surface area contributed by atoms with Crippen molar-refractivity contribution in [1.82, 2.24) is 9.30 Å². The van der Waals surface area contributed by atoms with Crippen LogP contribution in [-0.4, -0.2) is 14.5 Å². The van der Waals surface area contributed by atoms with Crippen molar-refractivity contribution in [2.24, 2.45) is 0 Å². The summed E-state index contributed by atoms with van der Waals surface area (Å²) in [5, 5.41) is 10.1. The van der Waals surface area contributed by atoms with Gasteiger partial charge in [-0.25, -0.2) is 9.18 Å². The molecule has 0 saturated carbocycles. The highest BCUT2D eigenvalue weighted by Gasteiger charge is 2.21. The Kier molecular flexibility index (Phi) is 6.29. The molecule has 0 fully saturated rings. The van der Waals surface area contributed by atoms with E-state index in [-0.39, 0.29) is 41.8 Å². The Hall–Kier alpha value is -3.19. The Balaban J connectivity index is 1.98. The Morgan fingerprint density at radius 3 is 2.28 bits per heavy atom. The summed E-state index contributed by atoms with van der Waals surface area (Å²) >= 11 is 0. The van der Waals surface area contributed by atoms with Gasteiger partial charge in [-0.2, -0.15) is 0 Å². The summed E-state index contributed by atoms with van der Waals surface area (Å²) in [4.78, 5) is 25.2. The number of rotatable bonds is 7. The maximum absolute atomic E-state index is 13.2. The fourth-order valence-corrected chi connectivity index (χ4v) is 3.29. The van der Waals surface area contributed by atoms with Crippen LogP contribution in [0, 0.1) is 5.82 Å². The van der Waals surface area contributed by atoms with E-state index in [0.29, 0.717) is 11.3 Å². The summed E-state index contributed by atoms with van der Waals surface area (Å²) in [6.45, 7) is 3.89. The van der Waals surface area contributed by atoms with Gasteiger partial charge in [-0.05, 0) is 29.2 Å². The molecule has 0 aliphatic carbocycles. The number of hydrogen-bond acceptors (Lipinski definition) is 4. The van der Waals surface area contributed by atoms with E-state index in [4.69, 9.17) is 4.74 Å². The van der Waals surface area contributed by atoms with E-state index in [9.17, 15) is 19.2 Å². The van der Waals surface area contributed by atoms with E-state index >= 15 is 0 Å². The van der Waals surface area contributed by atoms with E-state index in [1.165, 1.54) is 16.7 Å². The average Bonchev–Trinajstić information content (AvgIpc) is 2.71. The normalized spacial score (nSPS) is 11.2. The van der Waals surface area contributed by atoms with Gasteiger partial charge in [0.25, 0.3) is 5.56 Å². The first-order valence-electron chi connectivity index (χ1n) is 9.32. The van der Waals surface area contributed by atoms with Gasteiger partial charge in [0.05, 0.1) is 6.61 Å². The zero-order chi connectivity index (χ0) is 21.0. The van der Waals surface area contributed by atoms with Crippen molar-refractivity contribution in [3.8, 4) is 0 Å². The van der Waals surface area contributed by atoms with Gasteiger partial charge in [0.2, 0.25) is 0 Å². The van der Waals surface area contributed by atoms with Crippen molar-refractivity contribution in [1.29, 1.82) is 0 Å². The summed E-state index contributed by atoms with van der Waals surface area (Å²) in [7, 11) is 0.